The molecule has 8 nitrogen and oxygen atoms in total. The van der Waals surface area contributed by atoms with Gasteiger partial charge >= 0.3 is 0 Å². The Labute approximate surface area is 144 Å². The van der Waals surface area contributed by atoms with E-state index in [1.165, 1.54) is 26.4 Å². The van der Waals surface area contributed by atoms with Gasteiger partial charge < -0.3 is 9.47 Å². The molecule has 0 fully saturated rings. The number of carbonyl (C=O) groups is 1. The highest BCUT2D eigenvalue weighted by molar-refractivity contribution is 6.02. The van der Waals surface area contributed by atoms with Crippen LogP contribution in [0.5, 0.6) is 11.5 Å². The monoisotopic (exact) mass is 343 g/mol. The zero-order valence-corrected chi connectivity index (χ0v) is 14.0. The van der Waals surface area contributed by atoms with Crippen molar-refractivity contribution in [3.63, 3.8) is 0 Å². The lowest BCUT2D eigenvalue weighted by molar-refractivity contribution is -0.384. The summed E-state index contributed by atoms with van der Waals surface area (Å²) in [6, 6.07) is 10.8. The maximum atomic E-state index is 12.3. The molecule has 0 saturated heterocycles. The molecular formula is C17H17N3O5. The summed E-state index contributed by atoms with van der Waals surface area (Å²) in [5, 5.41) is 14.8. The van der Waals surface area contributed by atoms with Gasteiger partial charge in [0.25, 0.3) is 11.6 Å². The summed E-state index contributed by atoms with van der Waals surface area (Å²) in [5.74, 6) is 0.439. The Morgan fingerprint density at radius 2 is 1.92 bits per heavy atom. The van der Waals surface area contributed by atoms with E-state index in [0.29, 0.717) is 28.3 Å². The molecule has 0 aliphatic rings. The molecule has 8 heteroatoms. The Balaban J connectivity index is 2.19. The number of amides is 1. The first kappa shape index (κ1) is 17.9. The van der Waals surface area contributed by atoms with Gasteiger partial charge in [0, 0.05) is 23.8 Å². The Morgan fingerprint density at radius 3 is 2.56 bits per heavy atom. The molecule has 0 bridgehead atoms. The normalized spacial score (nSPS) is 10.9. The van der Waals surface area contributed by atoms with Gasteiger partial charge in [0.15, 0.2) is 0 Å². The van der Waals surface area contributed by atoms with Crippen LogP contribution in [-0.4, -0.2) is 30.8 Å². The number of ether oxygens (including phenoxy) is 2. The van der Waals surface area contributed by atoms with E-state index >= 15 is 0 Å². The van der Waals surface area contributed by atoms with E-state index in [9.17, 15) is 14.9 Å². The van der Waals surface area contributed by atoms with Crippen molar-refractivity contribution in [3.8, 4) is 11.5 Å². The smallest absolute Gasteiger partial charge is 0.275 e. The fourth-order valence-electron chi connectivity index (χ4n) is 2.09. The van der Waals surface area contributed by atoms with E-state index in [2.05, 4.69) is 10.5 Å². The molecule has 0 heterocycles. The number of benzene rings is 2. The largest absolute Gasteiger partial charge is 0.497 e. The molecule has 130 valence electrons. The van der Waals surface area contributed by atoms with E-state index in [4.69, 9.17) is 9.47 Å². The molecular weight excluding hydrogens is 326 g/mol. The lowest BCUT2D eigenvalue weighted by Crippen LogP contribution is -2.20. The standard InChI is InChI=1S/C17H17N3O5/c1-11(12-5-4-6-13(9-12)20(22)23)18-19-17(21)15-8-7-14(24-2)10-16(15)25-3/h4-10H,1-3H3,(H,19,21)/b18-11+. The van der Waals surface area contributed by atoms with Crippen LogP contribution in [-0.2, 0) is 0 Å². The van der Waals surface area contributed by atoms with Crippen LogP contribution in [0.2, 0.25) is 0 Å². The van der Waals surface area contributed by atoms with Crippen molar-refractivity contribution < 1.29 is 19.2 Å². The van der Waals surface area contributed by atoms with Crippen LogP contribution >= 0.6 is 0 Å². The summed E-state index contributed by atoms with van der Waals surface area (Å²) in [5.41, 5.74) is 3.63. The molecule has 25 heavy (non-hydrogen) atoms. The van der Waals surface area contributed by atoms with Crippen molar-refractivity contribution >= 4 is 17.3 Å². The average molecular weight is 343 g/mol. The minimum Gasteiger partial charge on any atom is -0.497 e. The van der Waals surface area contributed by atoms with Crippen LogP contribution in [0, 0.1) is 10.1 Å². The third-order valence-corrected chi connectivity index (χ3v) is 3.45. The van der Waals surface area contributed by atoms with Gasteiger partial charge in [-0.25, -0.2) is 5.43 Å². The fraction of sp³-hybridized carbons (Fsp3) is 0.176. The van der Waals surface area contributed by atoms with Crippen LogP contribution in [0.4, 0.5) is 5.69 Å². The quantitative estimate of drug-likeness (QED) is 0.493. The number of nitro groups is 1. The van der Waals surface area contributed by atoms with Crippen molar-refractivity contribution in [2.75, 3.05) is 14.2 Å². The summed E-state index contributed by atoms with van der Waals surface area (Å²) in [6.45, 7) is 1.64. The van der Waals surface area contributed by atoms with Crippen LogP contribution in [0.25, 0.3) is 0 Å². The Hall–Kier alpha value is -3.42. The molecule has 0 aromatic heterocycles. The fourth-order valence-corrected chi connectivity index (χ4v) is 2.09. The van der Waals surface area contributed by atoms with Crippen LogP contribution in [0.3, 0.4) is 0 Å². The van der Waals surface area contributed by atoms with Crippen molar-refractivity contribution in [1.82, 2.24) is 5.43 Å². The van der Waals surface area contributed by atoms with E-state index in [-0.39, 0.29) is 5.69 Å². The molecule has 0 unspecified atom stereocenters. The molecule has 0 aliphatic carbocycles. The van der Waals surface area contributed by atoms with Crippen LogP contribution in [0.15, 0.2) is 47.6 Å². The van der Waals surface area contributed by atoms with Gasteiger partial charge in [-0.2, -0.15) is 5.10 Å². The summed E-state index contributed by atoms with van der Waals surface area (Å²) in [6.07, 6.45) is 0. The van der Waals surface area contributed by atoms with Gasteiger partial charge in [0.1, 0.15) is 11.5 Å². The zero-order valence-electron chi connectivity index (χ0n) is 14.0. The van der Waals surface area contributed by atoms with E-state index in [1.807, 2.05) is 0 Å². The molecule has 0 aliphatic heterocycles. The third kappa shape index (κ3) is 4.31. The van der Waals surface area contributed by atoms with E-state index in [1.54, 1.807) is 37.3 Å². The predicted octanol–water partition coefficient (Wildman–Crippen LogP) is 2.77. The van der Waals surface area contributed by atoms with Crippen molar-refractivity contribution in [3.05, 3.63) is 63.7 Å². The number of non-ortho nitro benzene ring substituents is 1. The molecule has 2 aromatic carbocycles. The van der Waals surface area contributed by atoms with Gasteiger partial charge in [-0.1, -0.05) is 12.1 Å². The number of nitrogens with zero attached hydrogens (tertiary/aromatic N) is 2. The molecule has 0 radical (unpaired) electrons. The maximum absolute atomic E-state index is 12.3. The van der Waals surface area contributed by atoms with Gasteiger partial charge in [-0.15, -0.1) is 0 Å². The Morgan fingerprint density at radius 1 is 1.16 bits per heavy atom. The minimum absolute atomic E-state index is 0.0461. The Kier molecular flexibility index (Phi) is 5.67. The maximum Gasteiger partial charge on any atom is 0.275 e. The predicted molar refractivity (Wildman–Crippen MR) is 92.3 cm³/mol. The highest BCUT2D eigenvalue weighted by Crippen LogP contribution is 2.24. The van der Waals surface area contributed by atoms with Gasteiger partial charge in [-0.3, -0.25) is 14.9 Å². The van der Waals surface area contributed by atoms with Crippen molar-refractivity contribution in [1.29, 1.82) is 0 Å². The van der Waals surface area contributed by atoms with E-state index < -0.39 is 10.8 Å². The molecule has 0 spiro atoms. The number of hydrogen-bond donors (Lipinski definition) is 1. The summed E-state index contributed by atoms with van der Waals surface area (Å²) >= 11 is 0. The molecule has 2 rings (SSSR count). The van der Waals surface area contributed by atoms with Crippen LogP contribution < -0.4 is 14.9 Å². The molecule has 0 saturated carbocycles. The van der Waals surface area contributed by atoms with E-state index in [0.717, 1.165) is 0 Å². The second-order valence-corrected chi connectivity index (χ2v) is 5.01. The molecule has 2 aromatic rings. The second-order valence-electron chi connectivity index (χ2n) is 5.01. The number of rotatable bonds is 6. The third-order valence-electron chi connectivity index (χ3n) is 3.45. The summed E-state index contributed by atoms with van der Waals surface area (Å²) in [7, 11) is 2.96. The van der Waals surface area contributed by atoms with Crippen LogP contribution in [0.1, 0.15) is 22.8 Å². The highest BCUT2D eigenvalue weighted by atomic mass is 16.6. The Bertz CT molecular complexity index is 833. The number of methoxy groups -OCH3 is 2. The van der Waals surface area contributed by atoms with Crippen molar-refractivity contribution in [2.45, 2.75) is 6.92 Å². The number of nitro benzene ring substituents is 1. The first-order valence-electron chi connectivity index (χ1n) is 7.27. The SMILES string of the molecule is COc1ccc(C(=O)N/N=C(\C)c2cccc([N+](=O)[O-])c2)c(OC)c1. The first-order valence-corrected chi connectivity index (χ1v) is 7.27. The number of hydrogen-bond acceptors (Lipinski definition) is 6. The zero-order chi connectivity index (χ0) is 18.4. The second kappa shape index (κ2) is 7.91. The lowest BCUT2D eigenvalue weighted by atomic mass is 10.1. The van der Waals surface area contributed by atoms with Crippen molar-refractivity contribution in [2.24, 2.45) is 5.10 Å². The van der Waals surface area contributed by atoms with Gasteiger partial charge in [0.2, 0.25) is 0 Å². The summed E-state index contributed by atoms with van der Waals surface area (Å²) in [4.78, 5) is 22.6. The minimum atomic E-state index is -0.489. The number of carbonyl (C=O) groups excluding carboxylic acids is 1. The molecule has 1 amide bonds. The lowest BCUT2D eigenvalue weighted by Gasteiger charge is -2.09. The van der Waals surface area contributed by atoms with Gasteiger partial charge in [-0.05, 0) is 19.1 Å². The highest BCUT2D eigenvalue weighted by Gasteiger charge is 2.13. The van der Waals surface area contributed by atoms with Gasteiger partial charge in [0.05, 0.1) is 30.4 Å². The number of hydrazone groups is 1. The molecule has 0 atom stereocenters. The number of nitrogens with one attached hydrogen (secondary N) is 1. The molecule has 1 N–H and O–H groups in total. The topological polar surface area (TPSA) is 103 Å². The summed E-state index contributed by atoms with van der Waals surface area (Å²) < 4.78 is 10.3. The average Bonchev–Trinajstić information content (AvgIpc) is 2.65. The first-order chi connectivity index (χ1) is 12.0.